The number of likely N-dealkylation sites (tertiary alicyclic amines) is 1. The zero-order valence-corrected chi connectivity index (χ0v) is 24.6. The number of likely N-dealkylation sites (N-methyl/N-ethyl adjacent to an activating group) is 1. The first-order valence-electron chi connectivity index (χ1n) is 15.2. The molecule has 4 aliphatic rings. The molecule has 1 saturated carbocycles. The molecule has 2 bridgehead atoms. The van der Waals surface area contributed by atoms with Crippen molar-refractivity contribution in [2.75, 3.05) is 20.1 Å². The van der Waals surface area contributed by atoms with E-state index in [2.05, 4.69) is 4.90 Å². The summed E-state index contributed by atoms with van der Waals surface area (Å²) < 4.78 is 6.70. The van der Waals surface area contributed by atoms with E-state index < -0.39 is 6.04 Å². The average molecular weight is 580 g/mol. The molecule has 1 amide bonds. The number of aryl methyl sites for hydroxylation is 1. The van der Waals surface area contributed by atoms with Crippen LogP contribution in [0.25, 0.3) is 6.08 Å². The van der Waals surface area contributed by atoms with Gasteiger partial charge in [0, 0.05) is 40.6 Å². The van der Waals surface area contributed by atoms with Crippen molar-refractivity contribution in [3.8, 4) is 11.5 Å². The van der Waals surface area contributed by atoms with Crippen molar-refractivity contribution in [2.24, 2.45) is 5.92 Å². The molecule has 2 fully saturated rings. The molecule has 3 aromatic carbocycles. The van der Waals surface area contributed by atoms with Gasteiger partial charge < -0.3 is 14.7 Å². The van der Waals surface area contributed by atoms with Gasteiger partial charge in [-0.05, 0) is 68.3 Å². The maximum absolute atomic E-state index is 13.5. The van der Waals surface area contributed by atoms with E-state index >= 15 is 0 Å². The third-order valence-electron chi connectivity index (χ3n) is 10.6. The van der Waals surface area contributed by atoms with Crippen molar-refractivity contribution in [3.05, 3.63) is 111 Å². The van der Waals surface area contributed by atoms with Crippen LogP contribution in [0.3, 0.4) is 0 Å². The number of carbonyl (C=O) groups excluding carboxylic acids is 1. The first-order valence-corrected chi connectivity index (χ1v) is 15.2. The van der Waals surface area contributed by atoms with E-state index in [0.717, 1.165) is 53.5 Å². The highest BCUT2D eigenvalue weighted by Gasteiger charge is 2.66. The molecule has 8 nitrogen and oxygen atoms in total. The summed E-state index contributed by atoms with van der Waals surface area (Å²) in [5.74, 6) is 0.848. The molecule has 222 valence electrons. The Morgan fingerprint density at radius 1 is 1.19 bits per heavy atom. The third kappa shape index (κ3) is 4.42. The monoisotopic (exact) mass is 579 g/mol. The minimum atomic E-state index is -0.803. The number of hydrogen-bond donors (Lipinski definition) is 1. The Labute approximate surface area is 251 Å². The van der Waals surface area contributed by atoms with Crippen LogP contribution < -0.4 is 4.74 Å². The molecular formula is C35H37N3O5. The average Bonchev–Trinajstić information content (AvgIpc) is 3.36. The van der Waals surface area contributed by atoms with Gasteiger partial charge in [0.2, 0.25) is 5.91 Å². The van der Waals surface area contributed by atoms with Gasteiger partial charge in [0.15, 0.2) is 11.5 Å². The first-order chi connectivity index (χ1) is 20.8. The van der Waals surface area contributed by atoms with Gasteiger partial charge in [0.25, 0.3) is 6.04 Å². The number of phenols is 1. The van der Waals surface area contributed by atoms with E-state index in [1.54, 1.807) is 12.1 Å². The molecule has 2 aliphatic carbocycles. The molecule has 2 heterocycles. The first kappa shape index (κ1) is 27.7. The van der Waals surface area contributed by atoms with Crippen molar-refractivity contribution >= 4 is 12.0 Å². The van der Waals surface area contributed by atoms with Gasteiger partial charge in [-0.2, -0.15) is 0 Å². The van der Waals surface area contributed by atoms with Crippen molar-refractivity contribution < 1.29 is 19.6 Å². The van der Waals surface area contributed by atoms with Gasteiger partial charge in [-0.15, -0.1) is 0 Å². The van der Waals surface area contributed by atoms with E-state index in [1.165, 1.54) is 0 Å². The smallest absolute Gasteiger partial charge is 0.250 e. The number of amides is 1. The van der Waals surface area contributed by atoms with Crippen LogP contribution in [0, 0.1) is 23.0 Å². The number of ether oxygens (including phenoxy) is 1. The largest absolute Gasteiger partial charge is 0.504 e. The molecule has 7 rings (SSSR count). The molecule has 0 aromatic heterocycles. The quantitative estimate of drug-likeness (QED) is 0.232. The Morgan fingerprint density at radius 2 is 2.00 bits per heavy atom. The Hall–Kier alpha value is -4.17. The van der Waals surface area contributed by atoms with Crippen LogP contribution in [0.1, 0.15) is 53.1 Å². The summed E-state index contributed by atoms with van der Waals surface area (Å²) in [5.41, 5.74) is 4.74. The van der Waals surface area contributed by atoms with Crippen molar-refractivity contribution in [3.63, 3.8) is 0 Å². The summed E-state index contributed by atoms with van der Waals surface area (Å²) in [7, 11) is 1.86. The Balaban J connectivity index is 1.20. The van der Waals surface area contributed by atoms with Crippen molar-refractivity contribution in [1.29, 1.82) is 0 Å². The number of rotatable bonds is 7. The lowest BCUT2D eigenvalue weighted by molar-refractivity contribution is -0.530. The molecule has 8 heteroatoms. The van der Waals surface area contributed by atoms with Gasteiger partial charge in [0.05, 0.1) is 12.6 Å². The topological polar surface area (TPSA) is 96.2 Å². The van der Waals surface area contributed by atoms with E-state index in [1.807, 2.05) is 85.6 Å². The van der Waals surface area contributed by atoms with E-state index in [0.29, 0.717) is 18.8 Å². The zero-order chi connectivity index (χ0) is 29.9. The zero-order valence-electron chi connectivity index (χ0n) is 24.6. The summed E-state index contributed by atoms with van der Waals surface area (Å²) in [6.07, 6.45) is 6.38. The number of nitrogens with zero attached hydrogens (tertiary/aromatic N) is 3. The van der Waals surface area contributed by atoms with Gasteiger partial charge in [0.1, 0.15) is 6.10 Å². The fraction of sp³-hybridized carbons (Fsp3) is 0.400. The number of hydrogen-bond acceptors (Lipinski definition) is 6. The van der Waals surface area contributed by atoms with Crippen LogP contribution in [0.4, 0.5) is 0 Å². The molecule has 3 aromatic rings. The Morgan fingerprint density at radius 3 is 2.77 bits per heavy atom. The predicted molar refractivity (Wildman–Crippen MR) is 164 cm³/mol. The Bertz CT molecular complexity index is 1610. The number of benzene rings is 3. The SMILES string of the molecule is Cc1cccc(C=CC(=O)N(C)[C@H]2CC[C@H]3[C@H]4Cc5ccc(O)c6c5[C@@]3(CCN4CC(c3ccccc3)[N+](=O)[O-])[C@H]2O6)c1. The number of phenolic OH excluding ortho intramolecular Hbond substituents is 1. The summed E-state index contributed by atoms with van der Waals surface area (Å²) in [5, 5.41) is 23.2. The van der Waals surface area contributed by atoms with E-state index in [9.17, 15) is 20.0 Å². The highest BCUT2D eigenvalue weighted by Crippen LogP contribution is 2.64. The second kappa shape index (κ2) is 10.5. The summed E-state index contributed by atoms with van der Waals surface area (Å²) in [6.45, 7) is 3.08. The van der Waals surface area contributed by atoms with Crippen LogP contribution in [0.15, 0.2) is 72.8 Å². The number of piperidine rings is 1. The molecule has 2 aliphatic heterocycles. The standard InChI is InChI=1S/C35H37N3O5/c1-22-7-6-8-23(19-22)11-16-31(40)36(2)27-14-13-26-28-20-25-12-15-30(39)33-32(25)35(26,34(27)43-33)17-18-37(28)21-29(38(41)42)24-9-4-3-5-10-24/h3-12,15-16,19,26-29,34,39H,13-14,17-18,20-21H2,1-2H3/t26-,27-,28+,29?,34-,35-/m0/s1. The van der Waals surface area contributed by atoms with Gasteiger partial charge >= 0.3 is 0 Å². The van der Waals surface area contributed by atoms with Gasteiger partial charge in [-0.3, -0.25) is 19.8 Å². The molecule has 1 spiro atoms. The van der Waals surface area contributed by atoms with Crippen LogP contribution in [0.2, 0.25) is 0 Å². The summed E-state index contributed by atoms with van der Waals surface area (Å²) >= 11 is 0. The normalized spacial score (nSPS) is 27.8. The van der Waals surface area contributed by atoms with Crippen LogP contribution >= 0.6 is 0 Å². The predicted octanol–water partition coefficient (Wildman–Crippen LogP) is 5.30. The van der Waals surface area contributed by atoms with Crippen molar-refractivity contribution in [2.45, 2.75) is 62.3 Å². The maximum Gasteiger partial charge on any atom is 0.250 e. The molecule has 43 heavy (non-hydrogen) atoms. The minimum Gasteiger partial charge on any atom is -0.504 e. The number of carbonyl (C=O) groups is 1. The lowest BCUT2D eigenvalue weighted by atomic mass is 9.51. The maximum atomic E-state index is 13.5. The van der Waals surface area contributed by atoms with Gasteiger partial charge in [-0.1, -0.05) is 66.2 Å². The lowest BCUT2D eigenvalue weighted by Gasteiger charge is -2.60. The Kier molecular flexibility index (Phi) is 6.77. The number of aromatic hydroxyl groups is 1. The number of nitro groups is 1. The van der Waals surface area contributed by atoms with E-state index in [4.69, 9.17) is 4.74 Å². The van der Waals surface area contributed by atoms with Crippen LogP contribution in [-0.4, -0.2) is 64.1 Å². The molecule has 6 atom stereocenters. The second-order valence-electron chi connectivity index (χ2n) is 12.7. The molecule has 1 saturated heterocycles. The lowest BCUT2D eigenvalue weighted by Crippen LogP contribution is -2.69. The van der Waals surface area contributed by atoms with E-state index in [-0.39, 0.29) is 46.1 Å². The summed E-state index contributed by atoms with van der Waals surface area (Å²) in [4.78, 5) is 29.7. The van der Waals surface area contributed by atoms with Gasteiger partial charge in [-0.25, -0.2) is 0 Å². The van der Waals surface area contributed by atoms with Crippen LogP contribution in [0.5, 0.6) is 11.5 Å². The fourth-order valence-electron chi connectivity index (χ4n) is 8.63. The molecule has 1 unspecified atom stereocenters. The highest BCUT2D eigenvalue weighted by atomic mass is 16.6. The minimum absolute atomic E-state index is 0.0770. The second-order valence-corrected chi connectivity index (χ2v) is 12.7. The van der Waals surface area contributed by atoms with Crippen molar-refractivity contribution in [1.82, 2.24) is 9.80 Å². The van der Waals surface area contributed by atoms with Crippen LogP contribution in [-0.2, 0) is 16.6 Å². The fourth-order valence-corrected chi connectivity index (χ4v) is 8.63. The molecule has 0 radical (unpaired) electrons. The molecule has 1 N–H and O–H groups in total. The summed E-state index contributed by atoms with van der Waals surface area (Å²) in [6, 6.07) is 20.2. The molecular weight excluding hydrogens is 542 g/mol. The third-order valence-corrected chi connectivity index (χ3v) is 10.6. The highest BCUT2D eigenvalue weighted by molar-refractivity contribution is 5.92.